The molecular weight excluding hydrogens is 535 g/mol. The molecule has 0 bridgehead atoms. The Morgan fingerprint density at radius 2 is 2.05 bits per heavy atom. The van der Waals surface area contributed by atoms with Gasteiger partial charge in [-0.1, -0.05) is 11.2 Å². The average molecular weight is 568 g/mol. The molecule has 1 aromatic carbocycles. The smallest absolute Gasteiger partial charge is 0.249 e. The van der Waals surface area contributed by atoms with Gasteiger partial charge in [0.1, 0.15) is 11.5 Å². The number of allylic oxidation sites excluding steroid dienone is 1. The minimum absolute atomic E-state index is 0.0962. The molecule has 12 heteroatoms. The number of imidazole rings is 1. The number of oxime groups is 1. The summed E-state index contributed by atoms with van der Waals surface area (Å²) in [7, 11) is 0. The Balaban J connectivity index is 1.34. The molecule has 1 aliphatic heterocycles. The summed E-state index contributed by atoms with van der Waals surface area (Å²) in [6, 6.07) is 8.27. The summed E-state index contributed by atoms with van der Waals surface area (Å²) in [6.07, 6.45) is 5.78. The zero-order valence-electron chi connectivity index (χ0n) is 22.5. The number of hydrogen-bond donors (Lipinski definition) is 2. The van der Waals surface area contributed by atoms with E-state index in [0.29, 0.717) is 28.0 Å². The summed E-state index contributed by atoms with van der Waals surface area (Å²) in [6.45, 7) is 8.27. The van der Waals surface area contributed by atoms with E-state index < -0.39 is 17.7 Å². The van der Waals surface area contributed by atoms with Crippen molar-refractivity contribution in [3.05, 3.63) is 65.9 Å². The molecule has 9 nitrogen and oxygen atoms in total. The Labute approximate surface area is 235 Å². The van der Waals surface area contributed by atoms with Gasteiger partial charge in [0.25, 0.3) is 0 Å². The number of nitrogens with zero attached hydrogens (tertiary/aromatic N) is 5. The molecule has 0 unspecified atom stereocenters. The van der Waals surface area contributed by atoms with Crippen LogP contribution in [0.3, 0.4) is 0 Å². The highest BCUT2D eigenvalue weighted by Crippen LogP contribution is 2.43. The predicted octanol–water partition coefficient (Wildman–Crippen LogP) is 4.63. The number of alkyl halides is 2. The summed E-state index contributed by atoms with van der Waals surface area (Å²) in [5.74, 6) is -3.61. The van der Waals surface area contributed by atoms with Crippen molar-refractivity contribution in [3.63, 3.8) is 0 Å². The van der Waals surface area contributed by atoms with Crippen LogP contribution in [0, 0.1) is 17.1 Å². The lowest BCUT2D eigenvalue weighted by atomic mass is 9.81. The second kappa shape index (κ2) is 12.6. The number of pyridine rings is 1. The fourth-order valence-electron chi connectivity index (χ4n) is 4.96. The van der Waals surface area contributed by atoms with E-state index >= 15 is 4.39 Å². The second-order valence-electron chi connectivity index (χ2n) is 10.1. The van der Waals surface area contributed by atoms with Gasteiger partial charge in [-0.05, 0) is 29.8 Å². The highest BCUT2D eigenvalue weighted by molar-refractivity contribution is 6.08. The molecule has 1 saturated heterocycles. The molecular formula is C29H32F3N7O2. The Morgan fingerprint density at radius 3 is 2.78 bits per heavy atom. The number of aliphatic imine (C=N–C) groups is 1. The molecule has 3 heterocycles. The van der Waals surface area contributed by atoms with Crippen LogP contribution in [0.1, 0.15) is 24.0 Å². The van der Waals surface area contributed by atoms with Crippen molar-refractivity contribution >= 4 is 30.1 Å². The van der Waals surface area contributed by atoms with E-state index in [4.69, 9.17) is 15.0 Å². The van der Waals surface area contributed by atoms with Gasteiger partial charge in [-0.15, -0.1) is 0 Å². The van der Waals surface area contributed by atoms with Crippen molar-refractivity contribution in [2.75, 3.05) is 39.4 Å². The second-order valence-corrected chi connectivity index (χ2v) is 10.1. The maximum Gasteiger partial charge on any atom is 0.249 e. The maximum atomic E-state index is 15.1. The Morgan fingerprint density at radius 1 is 1.24 bits per heavy atom. The number of nitrogens with one attached hydrogen (secondary N) is 2. The van der Waals surface area contributed by atoms with Crippen LogP contribution in [-0.4, -0.2) is 78.4 Å². The summed E-state index contributed by atoms with van der Waals surface area (Å²) < 4.78 is 48.9. The molecule has 2 fully saturated rings. The normalized spacial score (nSPS) is 18.2. The van der Waals surface area contributed by atoms with Crippen molar-refractivity contribution in [3.8, 4) is 11.3 Å². The lowest BCUT2D eigenvalue weighted by molar-refractivity contribution is -0.0956. The topological polar surface area (TPSA) is 99.6 Å². The highest BCUT2D eigenvalue weighted by Gasteiger charge is 2.48. The van der Waals surface area contributed by atoms with Crippen molar-refractivity contribution in [2.24, 2.45) is 16.1 Å². The molecule has 2 N–H and O–H groups in total. The predicted molar refractivity (Wildman–Crippen MR) is 152 cm³/mol. The van der Waals surface area contributed by atoms with Crippen LogP contribution >= 0.6 is 0 Å². The fraction of sp³-hybridized carbons (Fsp3) is 0.379. The lowest BCUT2D eigenvalue weighted by Gasteiger charge is -2.33. The number of morpholine rings is 1. The van der Waals surface area contributed by atoms with Gasteiger partial charge >= 0.3 is 0 Å². The standard InChI is InChI=1S/C29H32F3N7O2/c1-34-41-28(22-13-29(31,32)14-22)37-16-20-2-4-25(30)24(12-20)26-18-36-27-5-3-21(19-39(26)27)23(15-33)17-35-6-7-38-8-10-40-11-9-38/h2-5,12,15,17-19,22,33,35H,1,6-11,13-14,16H2/b23-17+,33-15?,37-28-. The van der Waals surface area contributed by atoms with Crippen LogP contribution in [0.25, 0.3) is 22.5 Å². The van der Waals surface area contributed by atoms with E-state index in [9.17, 15) is 8.78 Å². The van der Waals surface area contributed by atoms with E-state index in [1.165, 1.54) is 12.3 Å². The zero-order chi connectivity index (χ0) is 28.8. The third-order valence-electron chi connectivity index (χ3n) is 7.25. The molecule has 216 valence electrons. The van der Waals surface area contributed by atoms with E-state index in [1.807, 2.05) is 18.3 Å². The van der Waals surface area contributed by atoms with Crippen LogP contribution in [0.15, 0.2) is 59.1 Å². The Kier molecular flexibility index (Phi) is 8.79. The zero-order valence-corrected chi connectivity index (χ0v) is 22.5. The third-order valence-corrected chi connectivity index (χ3v) is 7.25. The maximum absolute atomic E-state index is 15.1. The van der Waals surface area contributed by atoms with E-state index in [-0.39, 0.29) is 25.3 Å². The molecule has 0 amide bonds. The molecule has 5 rings (SSSR count). The van der Waals surface area contributed by atoms with Crippen molar-refractivity contribution < 1.29 is 22.7 Å². The van der Waals surface area contributed by atoms with Gasteiger partial charge in [-0.3, -0.25) is 9.30 Å². The van der Waals surface area contributed by atoms with Gasteiger partial charge in [0.15, 0.2) is 0 Å². The Bertz CT molecular complexity index is 1460. The summed E-state index contributed by atoms with van der Waals surface area (Å²) in [4.78, 5) is 16.1. The average Bonchev–Trinajstić information content (AvgIpc) is 3.38. The minimum Gasteiger partial charge on any atom is -0.389 e. The number of halogens is 3. The van der Waals surface area contributed by atoms with Crippen LogP contribution in [0.2, 0.25) is 0 Å². The number of aromatic nitrogens is 2. The Hall–Kier alpha value is -4.03. The molecule has 2 aliphatic rings. The van der Waals surface area contributed by atoms with Crippen LogP contribution < -0.4 is 5.32 Å². The van der Waals surface area contributed by atoms with Crippen molar-refractivity contribution in [2.45, 2.75) is 25.3 Å². The van der Waals surface area contributed by atoms with E-state index in [1.54, 1.807) is 28.9 Å². The lowest BCUT2D eigenvalue weighted by Crippen LogP contribution is -2.40. The van der Waals surface area contributed by atoms with Gasteiger partial charge in [0, 0.05) is 87.0 Å². The first-order chi connectivity index (χ1) is 19.9. The number of hydrogen-bond acceptors (Lipinski definition) is 8. The number of fused-ring (bicyclic) bond motifs is 1. The van der Waals surface area contributed by atoms with Crippen LogP contribution in [0.4, 0.5) is 13.2 Å². The molecule has 2 aromatic heterocycles. The van der Waals surface area contributed by atoms with Gasteiger partial charge in [-0.2, -0.15) is 0 Å². The first-order valence-corrected chi connectivity index (χ1v) is 13.4. The third kappa shape index (κ3) is 6.83. The minimum atomic E-state index is -2.73. The first kappa shape index (κ1) is 28.5. The van der Waals surface area contributed by atoms with Crippen LogP contribution in [-0.2, 0) is 16.1 Å². The van der Waals surface area contributed by atoms with Crippen molar-refractivity contribution in [1.29, 1.82) is 5.41 Å². The quantitative estimate of drug-likeness (QED) is 0.152. The van der Waals surface area contributed by atoms with Gasteiger partial charge in [0.2, 0.25) is 11.8 Å². The summed E-state index contributed by atoms with van der Waals surface area (Å²) in [5.41, 5.74) is 3.55. The number of rotatable bonds is 11. The van der Waals surface area contributed by atoms with E-state index in [0.717, 1.165) is 45.0 Å². The monoisotopic (exact) mass is 567 g/mol. The number of benzene rings is 1. The largest absolute Gasteiger partial charge is 0.389 e. The van der Waals surface area contributed by atoms with Crippen molar-refractivity contribution in [1.82, 2.24) is 19.6 Å². The molecule has 3 aromatic rings. The molecule has 41 heavy (non-hydrogen) atoms. The SMILES string of the molecule is C=NO/C(=N\Cc1ccc(F)c(-c2cnc3ccc(/C(C=N)=C/NCCN4CCOCC4)cn23)c1)C1CC(F)(F)C1. The van der Waals surface area contributed by atoms with Crippen LogP contribution in [0.5, 0.6) is 0 Å². The molecule has 0 spiro atoms. The highest BCUT2D eigenvalue weighted by atomic mass is 19.3. The fourth-order valence-corrected chi connectivity index (χ4v) is 4.96. The molecule has 1 aliphatic carbocycles. The molecule has 0 radical (unpaired) electrons. The molecule has 0 atom stereocenters. The molecule has 1 saturated carbocycles. The first-order valence-electron chi connectivity index (χ1n) is 13.4. The summed E-state index contributed by atoms with van der Waals surface area (Å²) in [5, 5.41) is 14.6. The number of ether oxygens (including phenoxy) is 1. The van der Waals surface area contributed by atoms with Gasteiger partial charge < -0.3 is 20.3 Å². The van der Waals surface area contributed by atoms with Gasteiger partial charge in [0.05, 0.1) is 31.6 Å². The summed E-state index contributed by atoms with van der Waals surface area (Å²) >= 11 is 0. The van der Waals surface area contributed by atoms with E-state index in [2.05, 4.69) is 32.1 Å². The van der Waals surface area contributed by atoms with Gasteiger partial charge in [-0.25, -0.2) is 23.1 Å².